The van der Waals surface area contributed by atoms with Crippen LogP contribution in [-0.4, -0.2) is 24.3 Å². The van der Waals surface area contributed by atoms with Gasteiger partial charge in [-0.05, 0) is 40.6 Å². The molecule has 120 valence electrons. The smallest absolute Gasteiger partial charge is 0.275 e. The van der Waals surface area contributed by atoms with E-state index in [1.165, 1.54) is 6.21 Å². The molecule has 0 heterocycles. The Morgan fingerprint density at radius 3 is 2.58 bits per heavy atom. The topological polar surface area (TPSA) is 70.9 Å². The fourth-order valence-electron chi connectivity index (χ4n) is 2.36. The molecule has 3 aromatic carbocycles. The first kappa shape index (κ1) is 15.6. The highest BCUT2D eigenvalue weighted by Crippen LogP contribution is 2.24. The Bertz CT molecular complexity index is 919. The van der Waals surface area contributed by atoms with Gasteiger partial charge in [-0.15, -0.1) is 0 Å². The summed E-state index contributed by atoms with van der Waals surface area (Å²) in [7, 11) is 1.58. The van der Waals surface area contributed by atoms with E-state index in [4.69, 9.17) is 4.74 Å². The highest BCUT2D eigenvalue weighted by Gasteiger charge is 2.11. The molecule has 3 rings (SSSR count). The number of amides is 1. The van der Waals surface area contributed by atoms with E-state index < -0.39 is 5.91 Å². The quantitative estimate of drug-likeness (QED) is 0.572. The molecule has 0 saturated heterocycles. The lowest BCUT2D eigenvalue weighted by molar-refractivity contribution is 0.0952. The molecular formula is C19H16N2O3. The van der Waals surface area contributed by atoms with Crippen LogP contribution in [0.5, 0.6) is 11.5 Å². The number of carbonyl (C=O) groups excluding carboxylic acids is 1. The van der Waals surface area contributed by atoms with Crippen molar-refractivity contribution in [2.24, 2.45) is 5.10 Å². The van der Waals surface area contributed by atoms with E-state index in [1.807, 2.05) is 42.5 Å². The third kappa shape index (κ3) is 3.35. The number of hydrazone groups is 1. The summed E-state index contributed by atoms with van der Waals surface area (Å²) in [4.78, 5) is 12.2. The molecule has 1 amide bonds. The van der Waals surface area contributed by atoms with Crippen LogP contribution in [0.3, 0.4) is 0 Å². The molecule has 2 N–H and O–H groups in total. The lowest BCUT2D eigenvalue weighted by atomic mass is 10.1. The SMILES string of the molecule is COc1cccc(C=NNC(=O)c2cc3ccccc3cc2O)c1. The predicted octanol–water partition coefficient (Wildman–Crippen LogP) is 3.32. The highest BCUT2D eigenvalue weighted by atomic mass is 16.5. The number of hydrogen-bond donors (Lipinski definition) is 2. The monoisotopic (exact) mass is 320 g/mol. The standard InChI is InChI=1S/C19H16N2O3/c1-24-16-8-4-5-13(9-16)12-20-21-19(23)17-10-14-6-2-3-7-15(14)11-18(17)22/h2-12,22H,1H3,(H,21,23). The van der Waals surface area contributed by atoms with Crippen molar-refractivity contribution in [3.05, 3.63) is 71.8 Å². The summed E-state index contributed by atoms with van der Waals surface area (Å²) in [6.45, 7) is 0. The van der Waals surface area contributed by atoms with Crippen LogP contribution in [0.25, 0.3) is 10.8 Å². The average Bonchev–Trinajstić information content (AvgIpc) is 2.61. The third-order valence-corrected chi connectivity index (χ3v) is 3.58. The van der Waals surface area contributed by atoms with E-state index in [0.717, 1.165) is 16.3 Å². The molecule has 0 saturated carbocycles. The van der Waals surface area contributed by atoms with Crippen molar-refractivity contribution in [2.75, 3.05) is 7.11 Å². The number of carbonyl (C=O) groups is 1. The van der Waals surface area contributed by atoms with Gasteiger partial charge in [0.25, 0.3) is 5.91 Å². The fourth-order valence-corrected chi connectivity index (χ4v) is 2.36. The number of nitrogens with one attached hydrogen (secondary N) is 1. The first-order valence-electron chi connectivity index (χ1n) is 7.36. The Labute approximate surface area is 139 Å². The maximum Gasteiger partial charge on any atom is 0.275 e. The van der Waals surface area contributed by atoms with E-state index >= 15 is 0 Å². The second-order valence-corrected chi connectivity index (χ2v) is 5.19. The molecule has 0 fully saturated rings. The number of ether oxygens (including phenoxy) is 1. The van der Waals surface area contributed by atoms with Gasteiger partial charge in [-0.3, -0.25) is 4.79 Å². The Morgan fingerprint density at radius 2 is 1.83 bits per heavy atom. The predicted molar refractivity (Wildman–Crippen MR) is 93.7 cm³/mol. The number of aromatic hydroxyl groups is 1. The van der Waals surface area contributed by atoms with Crippen LogP contribution in [0.2, 0.25) is 0 Å². The second-order valence-electron chi connectivity index (χ2n) is 5.19. The van der Waals surface area contributed by atoms with Gasteiger partial charge < -0.3 is 9.84 Å². The van der Waals surface area contributed by atoms with Gasteiger partial charge in [0.1, 0.15) is 11.5 Å². The van der Waals surface area contributed by atoms with E-state index in [9.17, 15) is 9.90 Å². The number of fused-ring (bicyclic) bond motifs is 1. The minimum Gasteiger partial charge on any atom is -0.507 e. The molecule has 0 aromatic heterocycles. The molecule has 24 heavy (non-hydrogen) atoms. The summed E-state index contributed by atoms with van der Waals surface area (Å²) in [5.41, 5.74) is 3.39. The van der Waals surface area contributed by atoms with Crippen LogP contribution in [0.4, 0.5) is 0 Å². The van der Waals surface area contributed by atoms with Crippen molar-refractivity contribution in [1.29, 1.82) is 0 Å². The van der Waals surface area contributed by atoms with Crippen LogP contribution in [0.15, 0.2) is 65.8 Å². The molecule has 0 radical (unpaired) electrons. The Hall–Kier alpha value is -3.34. The van der Waals surface area contributed by atoms with Crippen LogP contribution in [0, 0.1) is 0 Å². The van der Waals surface area contributed by atoms with Crippen LogP contribution in [0.1, 0.15) is 15.9 Å². The van der Waals surface area contributed by atoms with Crippen molar-refractivity contribution < 1.29 is 14.6 Å². The zero-order chi connectivity index (χ0) is 16.9. The van der Waals surface area contributed by atoms with Gasteiger partial charge in [0.15, 0.2) is 0 Å². The molecule has 3 aromatic rings. The van der Waals surface area contributed by atoms with Crippen molar-refractivity contribution >= 4 is 22.9 Å². The van der Waals surface area contributed by atoms with E-state index in [-0.39, 0.29) is 11.3 Å². The highest BCUT2D eigenvalue weighted by molar-refractivity contribution is 6.01. The third-order valence-electron chi connectivity index (χ3n) is 3.58. The number of phenolic OH excluding ortho intramolecular Hbond substituents is 1. The van der Waals surface area contributed by atoms with Crippen molar-refractivity contribution in [3.8, 4) is 11.5 Å². The zero-order valence-electron chi connectivity index (χ0n) is 13.1. The molecule has 0 aliphatic carbocycles. The number of hydrogen-bond acceptors (Lipinski definition) is 4. The van der Waals surface area contributed by atoms with E-state index in [1.54, 1.807) is 25.3 Å². The number of methoxy groups -OCH3 is 1. The minimum absolute atomic E-state index is 0.0808. The van der Waals surface area contributed by atoms with Crippen LogP contribution in [-0.2, 0) is 0 Å². The summed E-state index contributed by atoms with van der Waals surface area (Å²) in [5, 5.41) is 15.7. The number of rotatable bonds is 4. The fraction of sp³-hybridized carbons (Fsp3) is 0.0526. The molecule has 0 aliphatic rings. The zero-order valence-corrected chi connectivity index (χ0v) is 13.1. The summed E-state index contributed by atoms with van der Waals surface area (Å²) < 4.78 is 5.13. The lowest BCUT2D eigenvalue weighted by Gasteiger charge is -2.05. The van der Waals surface area contributed by atoms with Gasteiger partial charge in [-0.2, -0.15) is 5.10 Å². The molecule has 0 bridgehead atoms. The summed E-state index contributed by atoms with van der Waals surface area (Å²) in [6.07, 6.45) is 1.51. The van der Waals surface area contributed by atoms with Gasteiger partial charge in [0.2, 0.25) is 0 Å². The van der Waals surface area contributed by atoms with Crippen LogP contribution < -0.4 is 10.2 Å². The van der Waals surface area contributed by atoms with Gasteiger partial charge in [-0.25, -0.2) is 5.43 Å². The number of phenols is 1. The average molecular weight is 320 g/mol. The molecule has 0 spiro atoms. The summed E-state index contributed by atoms with van der Waals surface area (Å²) in [6, 6.07) is 18.0. The summed E-state index contributed by atoms with van der Waals surface area (Å²) >= 11 is 0. The van der Waals surface area contributed by atoms with Gasteiger partial charge >= 0.3 is 0 Å². The van der Waals surface area contributed by atoms with Crippen LogP contribution >= 0.6 is 0 Å². The normalized spacial score (nSPS) is 10.9. The van der Waals surface area contributed by atoms with E-state index in [0.29, 0.717) is 5.75 Å². The van der Waals surface area contributed by atoms with E-state index in [2.05, 4.69) is 10.5 Å². The maximum atomic E-state index is 12.2. The molecule has 0 unspecified atom stereocenters. The Morgan fingerprint density at radius 1 is 1.08 bits per heavy atom. The van der Waals surface area contributed by atoms with Crippen molar-refractivity contribution in [3.63, 3.8) is 0 Å². The van der Waals surface area contributed by atoms with Gasteiger partial charge in [0.05, 0.1) is 18.9 Å². The maximum absolute atomic E-state index is 12.2. The van der Waals surface area contributed by atoms with Gasteiger partial charge in [-0.1, -0.05) is 36.4 Å². The largest absolute Gasteiger partial charge is 0.507 e. The second kappa shape index (κ2) is 6.83. The number of benzene rings is 3. The summed E-state index contributed by atoms with van der Waals surface area (Å²) in [5.74, 6) is 0.151. The minimum atomic E-state index is -0.475. The van der Waals surface area contributed by atoms with Crippen molar-refractivity contribution in [2.45, 2.75) is 0 Å². The lowest BCUT2D eigenvalue weighted by Crippen LogP contribution is -2.17. The molecule has 0 aliphatic heterocycles. The molecule has 5 heteroatoms. The molecule has 0 atom stereocenters. The Kier molecular flexibility index (Phi) is 4.43. The number of nitrogens with zero attached hydrogens (tertiary/aromatic N) is 1. The Balaban J connectivity index is 1.77. The first-order chi connectivity index (χ1) is 11.7. The van der Waals surface area contributed by atoms with Gasteiger partial charge in [0, 0.05) is 0 Å². The first-order valence-corrected chi connectivity index (χ1v) is 7.36. The molecular weight excluding hydrogens is 304 g/mol. The van der Waals surface area contributed by atoms with Crippen molar-refractivity contribution in [1.82, 2.24) is 5.43 Å². The molecule has 5 nitrogen and oxygen atoms in total.